The number of rotatable bonds is 7. The Labute approximate surface area is 218 Å². The number of aliphatic hydroxyl groups is 1. The van der Waals surface area contributed by atoms with E-state index in [0.29, 0.717) is 49.1 Å². The van der Waals surface area contributed by atoms with Crippen molar-refractivity contribution in [1.82, 2.24) is 19.8 Å². The maximum absolute atomic E-state index is 13.9. The van der Waals surface area contributed by atoms with Crippen molar-refractivity contribution in [1.29, 1.82) is 0 Å². The number of pyridine rings is 1. The molecule has 1 aliphatic rings. The van der Waals surface area contributed by atoms with Crippen molar-refractivity contribution < 1.29 is 24.2 Å². The molecule has 0 saturated carbocycles. The van der Waals surface area contributed by atoms with Crippen LogP contribution in [0.2, 0.25) is 0 Å². The zero-order chi connectivity index (χ0) is 26.8. The molecule has 1 saturated heterocycles. The molecule has 3 N–H and O–H groups in total. The Hall–Kier alpha value is -4.31. The fourth-order valence-corrected chi connectivity index (χ4v) is 5.16. The smallest absolute Gasteiger partial charge is 0.271 e. The zero-order valence-electron chi connectivity index (χ0n) is 21.3. The number of carbonyl (C=O) groups is 2. The monoisotopic (exact) mass is 518 g/mol. The summed E-state index contributed by atoms with van der Waals surface area (Å²) in [6.07, 6.45) is 1.13. The molecular weight excluding hydrogens is 488 g/mol. The number of aliphatic hydroxyl groups excluding tert-OH is 1. The molecule has 0 atom stereocenters. The van der Waals surface area contributed by atoms with Crippen molar-refractivity contribution in [2.24, 2.45) is 0 Å². The first kappa shape index (κ1) is 25.3. The minimum atomic E-state index is -0.521. The van der Waals surface area contributed by atoms with Crippen LogP contribution in [-0.4, -0.2) is 71.3 Å². The molecule has 0 spiro atoms. The summed E-state index contributed by atoms with van der Waals surface area (Å²) in [6, 6.07) is 14.9. The molecule has 2 aromatic heterocycles. The van der Waals surface area contributed by atoms with E-state index in [1.807, 2.05) is 48.5 Å². The number of nitrogens with one attached hydrogen (secondary N) is 2. The van der Waals surface area contributed by atoms with Crippen molar-refractivity contribution in [3.8, 4) is 11.5 Å². The van der Waals surface area contributed by atoms with Crippen molar-refractivity contribution in [2.45, 2.75) is 25.4 Å². The normalized spacial score (nSPS) is 14.1. The molecule has 198 valence electrons. The van der Waals surface area contributed by atoms with E-state index >= 15 is 0 Å². The highest BCUT2D eigenvalue weighted by Crippen LogP contribution is 2.32. The van der Waals surface area contributed by atoms with Gasteiger partial charge in [-0.3, -0.25) is 14.4 Å². The minimum absolute atomic E-state index is 0.150. The van der Waals surface area contributed by atoms with Crippen molar-refractivity contribution in [3.63, 3.8) is 0 Å². The highest BCUT2D eigenvalue weighted by Gasteiger charge is 2.28. The van der Waals surface area contributed by atoms with E-state index in [0.717, 1.165) is 16.5 Å². The topological polar surface area (TPSA) is 126 Å². The lowest BCUT2D eigenvalue weighted by atomic mass is 10.0. The zero-order valence-corrected chi connectivity index (χ0v) is 21.3. The van der Waals surface area contributed by atoms with Crippen molar-refractivity contribution >= 4 is 33.6 Å². The van der Waals surface area contributed by atoms with Crippen LogP contribution in [0.3, 0.4) is 0 Å². The molecule has 10 nitrogen and oxygen atoms in total. The Balaban J connectivity index is 1.53. The van der Waals surface area contributed by atoms with Gasteiger partial charge >= 0.3 is 0 Å². The van der Waals surface area contributed by atoms with Gasteiger partial charge in [-0.15, -0.1) is 0 Å². The van der Waals surface area contributed by atoms with E-state index in [-0.39, 0.29) is 34.9 Å². The summed E-state index contributed by atoms with van der Waals surface area (Å²) in [7, 11) is 3.04. The first-order valence-corrected chi connectivity index (χ1v) is 12.5. The van der Waals surface area contributed by atoms with Crippen LogP contribution in [0.25, 0.3) is 21.8 Å². The SMILES string of the molecule is COc1cccc(Cn2c(=O)c3c(OC)c(C(=O)NC4CCN(C(=O)CO)CC4)[nH]c3c3ccccc32)c1. The number of H-pyrrole nitrogens is 1. The first-order valence-electron chi connectivity index (χ1n) is 12.5. The van der Waals surface area contributed by atoms with Crippen molar-refractivity contribution in [2.75, 3.05) is 33.9 Å². The molecular formula is C28H30N4O6. The molecule has 4 aromatic rings. The first-order chi connectivity index (χ1) is 18.4. The van der Waals surface area contributed by atoms with Gasteiger partial charge in [-0.05, 0) is 36.6 Å². The Morgan fingerprint density at radius 2 is 1.84 bits per heavy atom. The van der Waals surface area contributed by atoms with Crippen molar-refractivity contribution in [3.05, 3.63) is 70.1 Å². The molecule has 1 aliphatic heterocycles. The third-order valence-electron chi connectivity index (χ3n) is 7.10. The van der Waals surface area contributed by atoms with Gasteiger partial charge in [0.25, 0.3) is 11.5 Å². The standard InChI is InChI=1S/C28H30N4O6/c1-37-19-7-5-6-17(14-19)15-32-21-9-4-3-8-20(21)24-23(28(32)36)26(38-2)25(30-24)27(35)29-18-10-12-31(13-11-18)22(34)16-33/h3-9,14,18,30,33H,10-13,15-16H2,1-2H3,(H,29,35). The number of hydrogen-bond acceptors (Lipinski definition) is 6. The average molecular weight is 519 g/mol. The van der Waals surface area contributed by atoms with E-state index in [1.54, 1.807) is 16.6 Å². The molecule has 0 unspecified atom stereocenters. The number of ether oxygens (including phenoxy) is 2. The molecule has 10 heteroatoms. The van der Waals surface area contributed by atoms with Crippen LogP contribution >= 0.6 is 0 Å². The van der Waals surface area contributed by atoms with Crippen LogP contribution in [0.5, 0.6) is 11.5 Å². The average Bonchev–Trinajstić information content (AvgIpc) is 3.36. The van der Waals surface area contributed by atoms with Crippen LogP contribution < -0.4 is 20.3 Å². The summed E-state index contributed by atoms with van der Waals surface area (Å²) < 4.78 is 12.7. The van der Waals surface area contributed by atoms with Crippen LogP contribution in [-0.2, 0) is 11.3 Å². The van der Waals surface area contributed by atoms with Gasteiger partial charge in [0.05, 0.1) is 31.8 Å². The molecule has 0 radical (unpaired) electrons. The lowest BCUT2D eigenvalue weighted by molar-refractivity contribution is -0.135. The summed E-state index contributed by atoms with van der Waals surface area (Å²) in [5.41, 5.74) is 2.07. The number of likely N-dealkylation sites (tertiary alicyclic amines) is 1. The molecule has 0 bridgehead atoms. The minimum Gasteiger partial charge on any atom is -0.497 e. The van der Waals surface area contributed by atoms with Gasteiger partial charge in [-0.25, -0.2) is 0 Å². The number of amides is 2. The number of hydrogen-bond donors (Lipinski definition) is 3. The number of nitrogens with zero attached hydrogens (tertiary/aromatic N) is 2. The third kappa shape index (κ3) is 4.58. The number of aromatic nitrogens is 2. The van der Waals surface area contributed by atoms with Gasteiger partial charge in [0.15, 0.2) is 5.75 Å². The number of fused-ring (bicyclic) bond motifs is 3. The lowest BCUT2D eigenvalue weighted by Crippen LogP contribution is -2.47. The predicted molar refractivity (Wildman–Crippen MR) is 143 cm³/mol. The van der Waals surface area contributed by atoms with Gasteiger partial charge in [-0.2, -0.15) is 0 Å². The van der Waals surface area contributed by atoms with Gasteiger partial charge in [-0.1, -0.05) is 30.3 Å². The Morgan fingerprint density at radius 3 is 2.55 bits per heavy atom. The highest BCUT2D eigenvalue weighted by atomic mass is 16.5. The molecule has 1 fully saturated rings. The van der Waals surface area contributed by atoms with E-state index < -0.39 is 6.61 Å². The second-order valence-electron chi connectivity index (χ2n) is 9.33. The van der Waals surface area contributed by atoms with Gasteiger partial charge in [0, 0.05) is 24.5 Å². The number of aromatic amines is 1. The van der Waals surface area contributed by atoms with Gasteiger partial charge in [0.2, 0.25) is 5.91 Å². The fourth-order valence-electron chi connectivity index (χ4n) is 5.16. The Bertz CT molecular complexity index is 1570. The molecule has 38 heavy (non-hydrogen) atoms. The van der Waals surface area contributed by atoms with E-state index in [1.165, 1.54) is 7.11 Å². The fraction of sp³-hybridized carbons (Fsp3) is 0.321. The van der Waals surface area contributed by atoms with E-state index in [4.69, 9.17) is 14.6 Å². The Kier molecular flexibility index (Phi) is 7.06. The van der Waals surface area contributed by atoms with Crippen LogP contribution in [0.1, 0.15) is 28.9 Å². The number of piperidine rings is 1. The quantitative estimate of drug-likeness (QED) is 0.345. The molecule has 2 amide bonds. The number of carbonyl (C=O) groups excluding carboxylic acids is 2. The number of methoxy groups -OCH3 is 2. The van der Waals surface area contributed by atoms with E-state index in [9.17, 15) is 14.4 Å². The molecule has 5 rings (SSSR count). The number of benzene rings is 2. The highest BCUT2D eigenvalue weighted by molar-refractivity contribution is 6.11. The van der Waals surface area contributed by atoms with Crippen LogP contribution in [0.4, 0.5) is 0 Å². The second-order valence-corrected chi connectivity index (χ2v) is 9.33. The largest absolute Gasteiger partial charge is 0.497 e. The van der Waals surface area contributed by atoms with Crippen LogP contribution in [0.15, 0.2) is 53.3 Å². The molecule has 0 aliphatic carbocycles. The summed E-state index contributed by atoms with van der Waals surface area (Å²) in [4.78, 5) is 43.7. The second kappa shape index (κ2) is 10.6. The third-order valence-corrected chi connectivity index (χ3v) is 7.10. The maximum atomic E-state index is 13.9. The summed E-state index contributed by atoms with van der Waals surface area (Å²) in [5.74, 6) is 0.197. The molecule has 3 heterocycles. The predicted octanol–water partition coefficient (Wildman–Crippen LogP) is 2.26. The number of para-hydroxylation sites is 1. The van der Waals surface area contributed by atoms with Gasteiger partial charge in [0.1, 0.15) is 23.4 Å². The Morgan fingerprint density at radius 1 is 1.08 bits per heavy atom. The lowest BCUT2D eigenvalue weighted by Gasteiger charge is -2.32. The maximum Gasteiger partial charge on any atom is 0.271 e. The summed E-state index contributed by atoms with van der Waals surface area (Å²) in [6.45, 7) is 0.696. The molecule has 2 aromatic carbocycles. The van der Waals surface area contributed by atoms with Gasteiger partial charge < -0.3 is 34.3 Å². The summed E-state index contributed by atoms with van der Waals surface area (Å²) >= 11 is 0. The van der Waals surface area contributed by atoms with Crippen LogP contribution in [0, 0.1) is 0 Å². The van der Waals surface area contributed by atoms with E-state index in [2.05, 4.69) is 10.3 Å². The summed E-state index contributed by atoms with van der Waals surface area (Å²) in [5, 5.41) is 13.2.